The minimum atomic E-state index is -0.823. The number of H-pyrrole nitrogens is 1. The van der Waals surface area contributed by atoms with Crippen molar-refractivity contribution in [3.05, 3.63) is 68.7 Å². The SMILES string of the molecule is CN=CC(=C(C)C)c1cnc2[nH]cc(C(CF)c3c(Cl)ccc(F)c3Cl)c2c1. The van der Waals surface area contributed by atoms with Crippen molar-refractivity contribution in [3.8, 4) is 0 Å². The van der Waals surface area contributed by atoms with Crippen LogP contribution in [0, 0.1) is 5.82 Å². The van der Waals surface area contributed by atoms with Gasteiger partial charge < -0.3 is 4.98 Å². The highest BCUT2D eigenvalue weighted by Crippen LogP contribution is 2.40. The predicted molar refractivity (Wildman–Crippen MR) is 113 cm³/mol. The van der Waals surface area contributed by atoms with E-state index >= 15 is 0 Å². The van der Waals surface area contributed by atoms with Crippen molar-refractivity contribution in [2.45, 2.75) is 19.8 Å². The third kappa shape index (κ3) is 3.69. The quantitative estimate of drug-likeness (QED) is 0.365. The molecule has 7 heteroatoms. The number of hydrogen-bond acceptors (Lipinski definition) is 2. The molecule has 0 saturated carbocycles. The monoisotopic (exact) mass is 421 g/mol. The fourth-order valence-electron chi connectivity index (χ4n) is 3.26. The lowest BCUT2D eigenvalue weighted by Gasteiger charge is -2.17. The first-order valence-electron chi connectivity index (χ1n) is 8.65. The van der Waals surface area contributed by atoms with E-state index in [1.807, 2.05) is 19.9 Å². The molecule has 1 unspecified atom stereocenters. The topological polar surface area (TPSA) is 41.0 Å². The van der Waals surface area contributed by atoms with Crippen LogP contribution in [0.1, 0.15) is 36.5 Å². The Hall–Kier alpha value is -2.24. The molecule has 1 aromatic carbocycles. The number of benzene rings is 1. The molecular weight excluding hydrogens is 403 g/mol. The normalized spacial score (nSPS) is 12.7. The van der Waals surface area contributed by atoms with Gasteiger partial charge in [-0.2, -0.15) is 0 Å². The van der Waals surface area contributed by atoms with Crippen molar-refractivity contribution in [2.24, 2.45) is 4.99 Å². The lowest BCUT2D eigenvalue weighted by Crippen LogP contribution is -2.06. The van der Waals surface area contributed by atoms with Crippen LogP contribution < -0.4 is 0 Å². The van der Waals surface area contributed by atoms with Crippen molar-refractivity contribution in [3.63, 3.8) is 0 Å². The van der Waals surface area contributed by atoms with Crippen molar-refractivity contribution < 1.29 is 8.78 Å². The summed E-state index contributed by atoms with van der Waals surface area (Å²) in [6.45, 7) is 3.18. The molecule has 3 rings (SSSR count). The summed E-state index contributed by atoms with van der Waals surface area (Å²) in [7, 11) is 1.70. The van der Waals surface area contributed by atoms with Gasteiger partial charge in [-0.3, -0.25) is 9.38 Å². The van der Waals surface area contributed by atoms with Gasteiger partial charge in [0.25, 0.3) is 0 Å². The summed E-state index contributed by atoms with van der Waals surface area (Å²) in [6.07, 6.45) is 5.16. The summed E-state index contributed by atoms with van der Waals surface area (Å²) in [6, 6.07) is 4.48. The number of fused-ring (bicyclic) bond motifs is 1. The minimum Gasteiger partial charge on any atom is -0.346 e. The number of nitrogens with zero attached hydrogens (tertiary/aromatic N) is 2. The number of aliphatic imine (C=N–C) groups is 1. The Morgan fingerprint density at radius 2 is 2.07 bits per heavy atom. The molecule has 0 aliphatic heterocycles. The van der Waals surface area contributed by atoms with Crippen LogP contribution in [0.2, 0.25) is 10.0 Å². The van der Waals surface area contributed by atoms with Crippen molar-refractivity contribution >= 4 is 46.0 Å². The molecule has 0 radical (unpaired) electrons. The Bertz CT molecular complexity index is 1080. The molecule has 2 aromatic heterocycles. The second kappa shape index (κ2) is 8.41. The fraction of sp³-hybridized carbons (Fsp3) is 0.238. The molecule has 0 amide bonds. The summed E-state index contributed by atoms with van der Waals surface area (Å²) in [5.74, 6) is -1.46. The second-order valence-electron chi connectivity index (χ2n) is 6.63. The Labute approximate surface area is 172 Å². The maximum Gasteiger partial charge on any atom is 0.142 e. The molecule has 1 N–H and O–H groups in total. The Balaban J connectivity index is 2.22. The number of allylic oxidation sites excluding steroid dienone is 2. The van der Waals surface area contributed by atoms with Crippen LogP contribution in [0.5, 0.6) is 0 Å². The molecule has 2 heterocycles. The zero-order chi connectivity index (χ0) is 20.4. The summed E-state index contributed by atoms with van der Waals surface area (Å²) in [5.41, 5.74) is 4.30. The lowest BCUT2D eigenvalue weighted by atomic mass is 9.91. The van der Waals surface area contributed by atoms with Gasteiger partial charge in [-0.1, -0.05) is 28.8 Å². The first-order valence-corrected chi connectivity index (χ1v) is 9.41. The Kier molecular flexibility index (Phi) is 6.16. The van der Waals surface area contributed by atoms with E-state index in [4.69, 9.17) is 23.2 Å². The molecule has 146 valence electrons. The zero-order valence-electron chi connectivity index (χ0n) is 15.7. The van der Waals surface area contributed by atoms with Crippen LogP contribution >= 0.6 is 23.2 Å². The summed E-state index contributed by atoms with van der Waals surface area (Å²) in [5, 5.41) is 0.770. The van der Waals surface area contributed by atoms with Crippen LogP contribution in [0.25, 0.3) is 16.6 Å². The van der Waals surface area contributed by atoms with Crippen LogP contribution in [0.15, 0.2) is 41.2 Å². The molecule has 0 bridgehead atoms. The predicted octanol–water partition coefficient (Wildman–Crippen LogP) is 6.60. The standard InChI is InChI=1S/C21H19Cl2F2N3/c1-11(2)15(9-26-3)12-6-13-16(10-28-21(13)27-8-12)14(7-24)19-17(22)4-5-18(25)20(19)23/h4-6,8-10,14H,7H2,1-3H3,(H,27,28). The van der Waals surface area contributed by atoms with Crippen LogP contribution in [0.3, 0.4) is 0 Å². The largest absolute Gasteiger partial charge is 0.346 e. The average Bonchev–Trinajstić information content (AvgIpc) is 3.09. The molecule has 0 spiro atoms. The van der Waals surface area contributed by atoms with E-state index in [1.54, 1.807) is 25.7 Å². The van der Waals surface area contributed by atoms with Crippen LogP contribution in [-0.2, 0) is 0 Å². The number of alkyl halides is 1. The van der Waals surface area contributed by atoms with Gasteiger partial charge in [0.05, 0.1) is 5.02 Å². The molecule has 0 saturated heterocycles. The van der Waals surface area contributed by atoms with Gasteiger partial charge in [0, 0.05) is 53.1 Å². The van der Waals surface area contributed by atoms with Gasteiger partial charge >= 0.3 is 0 Å². The van der Waals surface area contributed by atoms with E-state index in [1.165, 1.54) is 12.1 Å². The van der Waals surface area contributed by atoms with Gasteiger partial charge in [-0.25, -0.2) is 9.37 Å². The smallest absolute Gasteiger partial charge is 0.142 e. The van der Waals surface area contributed by atoms with Crippen LogP contribution in [-0.4, -0.2) is 29.9 Å². The highest BCUT2D eigenvalue weighted by molar-refractivity contribution is 6.36. The van der Waals surface area contributed by atoms with Gasteiger partial charge in [-0.15, -0.1) is 0 Å². The molecule has 0 aliphatic carbocycles. The van der Waals surface area contributed by atoms with Gasteiger partial charge in [-0.05, 0) is 43.2 Å². The lowest BCUT2D eigenvalue weighted by molar-refractivity contribution is 0.461. The van der Waals surface area contributed by atoms with Gasteiger partial charge in [0.15, 0.2) is 0 Å². The minimum absolute atomic E-state index is 0.170. The second-order valence-corrected chi connectivity index (χ2v) is 7.41. The Morgan fingerprint density at radius 3 is 2.71 bits per heavy atom. The molecular formula is C21H19Cl2F2N3. The number of halogens is 4. The maximum atomic E-state index is 14.1. The third-order valence-electron chi connectivity index (χ3n) is 4.63. The number of aromatic amines is 1. The average molecular weight is 422 g/mol. The first-order chi connectivity index (χ1) is 13.4. The van der Waals surface area contributed by atoms with Crippen molar-refractivity contribution in [1.82, 2.24) is 9.97 Å². The van der Waals surface area contributed by atoms with Gasteiger partial charge in [0.1, 0.15) is 18.1 Å². The highest BCUT2D eigenvalue weighted by atomic mass is 35.5. The highest BCUT2D eigenvalue weighted by Gasteiger charge is 2.25. The van der Waals surface area contributed by atoms with E-state index < -0.39 is 18.4 Å². The van der Waals surface area contributed by atoms with E-state index in [2.05, 4.69) is 15.0 Å². The maximum absolute atomic E-state index is 14.1. The molecule has 3 nitrogen and oxygen atoms in total. The number of nitrogens with one attached hydrogen (secondary N) is 1. The number of rotatable bonds is 5. The molecule has 0 fully saturated rings. The van der Waals surface area contributed by atoms with E-state index in [9.17, 15) is 8.78 Å². The molecule has 28 heavy (non-hydrogen) atoms. The molecule has 0 aliphatic rings. The number of aromatic nitrogens is 2. The first kappa shape index (κ1) is 20.5. The zero-order valence-corrected chi connectivity index (χ0v) is 17.2. The van der Waals surface area contributed by atoms with E-state index in [-0.39, 0.29) is 15.6 Å². The van der Waals surface area contributed by atoms with Crippen molar-refractivity contribution in [2.75, 3.05) is 13.7 Å². The van der Waals surface area contributed by atoms with E-state index in [0.717, 1.165) is 22.1 Å². The van der Waals surface area contributed by atoms with Crippen LogP contribution in [0.4, 0.5) is 8.78 Å². The molecule has 3 aromatic rings. The Morgan fingerprint density at radius 1 is 1.32 bits per heavy atom. The van der Waals surface area contributed by atoms with E-state index in [0.29, 0.717) is 11.2 Å². The molecule has 1 atom stereocenters. The van der Waals surface area contributed by atoms with Crippen molar-refractivity contribution in [1.29, 1.82) is 0 Å². The van der Waals surface area contributed by atoms with Gasteiger partial charge in [0.2, 0.25) is 0 Å². The fourth-order valence-corrected chi connectivity index (χ4v) is 3.89. The third-order valence-corrected chi connectivity index (χ3v) is 5.34. The number of pyridine rings is 1. The summed E-state index contributed by atoms with van der Waals surface area (Å²) >= 11 is 12.4. The number of hydrogen-bond donors (Lipinski definition) is 1. The summed E-state index contributed by atoms with van der Waals surface area (Å²) in [4.78, 5) is 11.6. The summed E-state index contributed by atoms with van der Waals surface area (Å²) < 4.78 is 28.1.